The van der Waals surface area contributed by atoms with Crippen LogP contribution in [0.5, 0.6) is 0 Å². The van der Waals surface area contributed by atoms with E-state index in [0.29, 0.717) is 5.82 Å². The van der Waals surface area contributed by atoms with Crippen LogP contribution in [0, 0.1) is 0 Å². The van der Waals surface area contributed by atoms with Gasteiger partial charge in [0.1, 0.15) is 0 Å². The monoisotopic (exact) mass is 255 g/mol. The molecule has 0 aliphatic carbocycles. The summed E-state index contributed by atoms with van der Waals surface area (Å²) in [7, 11) is 1.34. The number of hydrogen-bond acceptors (Lipinski definition) is 5. The molecule has 1 aliphatic rings. The van der Waals surface area contributed by atoms with Crippen molar-refractivity contribution in [2.75, 3.05) is 18.6 Å². The number of nitrogens with zero attached hydrogens (tertiary/aromatic N) is 3. The van der Waals surface area contributed by atoms with Crippen LogP contribution in [-0.2, 0) is 11.2 Å². The largest absolute Gasteiger partial charge is 0.464 e. The molecule has 1 aromatic carbocycles. The molecule has 1 aromatic heterocycles. The maximum absolute atomic E-state index is 11.5. The Morgan fingerprint density at radius 1 is 1.32 bits per heavy atom. The fourth-order valence-corrected chi connectivity index (χ4v) is 2.26. The number of benzene rings is 1. The maximum atomic E-state index is 11.5. The van der Waals surface area contributed by atoms with E-state index in [-0.39, 0.29) is 5.69 Å². The van der Waals surface area contributed by atoms with Crippen LogP contribution in [0.15, 0.2) is 36.7 Å². The summed E-state index contributed by atoms with van der Waals surface area (Å²) >= 11 is 0. The van der Waals surface area contributed by atoms with E-state index in [1.165, 1.54) is 18.9 Å². The van der Waals surface area contributed by atoms with Gasteiger partial charge >= 0.3 is 5.97 Å². The molecule has 5 nitrogen and oxygen atoms in total. The normalized spacial score (nSPS) is 13.2. The number of carbonyl (C=O) groups is 1. The number of methoxy groups -OCH3 is 1. The summed E-state index contributed by atoms with van der Waals surface area (Å²) in [5, 5.41) is 0. The van der Waals surface area contributed by atoms with E-state index in [2.05, 4.69) is 31.7 Å². The van der Waals surface area contributed by atoms with E-state index >= 15 is 0 Å². The number of aromatic nitrogens is 2. The summed E-state index contributed by atoms with van der Waals surface area (Å²) in [6, 6.07) is 8.18. The Balaban J connectivity index is 1.98. The molecule has 0 fully saturated rings. The molecule has 0 spiro atoms. The average molecular weight is 255 g/mol. The fraction of sp³-hybridized carbons (Fsp3) is 0.214. The van der Waals surface area contributed by atoms with Crippen molar-refractivity contribution in [2.45, 2.75) is 6.42 Å². The smallest absolute Gasteiger partial charge is 0.358 e. The first kappa shape index (κ1) is 11.6. The highest BCUT2D eigenvalue weighted by atomic mass is 16.5. The summed E-state index contributed by atoms with van der Waals surface area (Å²) in [6.45, 7) is 0.846. The maximum Gasteiger partial charge on any atom is 0.358 e. The van der Waals surface area contributed by atoms with E-state index in [9.17, 15) is 4.79 Å². The molecule has 0 unspecified atom stereocenters. The lowest BCUT2D eigenvalue weighted by Crippen LogP contribution is -2.17. The Morgan fingerprint density at radius 2 is 2.16 bits per heavy atom. The number of rotatable bonds is 2. The summed E-state index contributed by atoms with van der Waals surface area (Å²) in [5.41, 5.74) is 2.64. The highest BCUT2D eigenvalue weighted by Gasteiger charge is 2.22. The molecule has 19 heavy (non-hydrogen) atoms. The Morgan fingerprint density at radius 3 is 3.00 bits per heavy atom. The topological polar surface area (TPSA) is 55.3 Å². The van der Waals surface area contributed by atoms with Crippen LogP contribution in [0.2, 0.25) is 0 Å². The third-order valence-electron chi connectivity index (χ3n) is 3.18. The van der Waals surface area contributed by atoms with Crippen molar-refractivity contribution in [1.29, 1.82) is 0 Å². The van der Waals surface area contributed by atoms with Crippen LogP contribution in [0.25, 0.3) is 0 Å². The zero-order chi connectivity index (χ0) is 13.2. The van der Waals surface area contributed by atoms with Crippen molar-refractivity contribution in [3.05, 3.63) is 47.9 Å². The molecule has 5 heteroatoms. The Labute approximate surface area is 110 Å². The van der Waals surface area contributed by atoms with Gasteiger partial charge in [0.15, 0.2) is 11.5 Å². The zero-order valence-electron chi connectivity index (χ0n) is 10.5. The number of para-hydroxylation sites is 1. The van der Waals surface area contributed by atoms with Gasteiger partial charge in [0.2, 0.25) is 0 Å². The van der Waals surface area contributed by atoms with Gasteiger partial charge in [-0.1, -0.05) is 18.2 Å². The second kappa shape index (κ2) is 4.68. The summed E-state index contributed by atoms with van der Waals surface area (Å²) in [6.07, 6.45) is 4.05. The molecule has 0 N–H and O–H groups in total. The van der Waals surface area contributed by atoms with E-state index in [4.69, 9.17) is 0 Å². The van der Waals surface area contributed by atoms with Crippen molar-refractivity contribution in [1.82, 2.24) is 9.97 Å². The molecule has 96 valence electrons. The van der Waals surface area contributed by atoms with Gasteiger partial charge in [0, 0.05) is 12.2 Å². The van der Waals surface area contributed by atoms with Gasteiger partial charge in [0.25, 0.3) is 0 Å². The van der Waals surface area contributed by atoms with Crippen LogP contribution < -0.4 is 4.90 Å². The van der Waals surface area contributed by atoms with Crippen LogP contribution in [0.3, 0.4) is 0 Å². The van der Waals surface area contributed by atoms with Crippen molar-refractivity contribution < 1.29 is 9.53 Å². The lowest BCUT2D eigenvalue weighted by Gasteiger charge is -2.18. The van der Waals surface area contributed by atoms with Crippen LogP contribution in [-0.4, -0.2) is 29.6 Å². The van der Waals surface area contributed by atoms with E-state index < -0.39 is 5.97 Å². The predicted molar refractivity (Wildman–Crippen MR) is 70.5 cm³/mol. The third kappa shape index (κ3) is 2.03. The molecule has 2 heterocycles. The van der Waals surface area contributed by atoms with Gasteiger partial charge in [-0.3, -0.25) is 4.98 Å². The molecule has 1 aliphatic heterocycles. The van der Waals surface area contributed by atoms with Crippen molar-refractivity contribution in [3.63, 3.8) is 0 Å². The summed E-state index contributed by atoms with van der Waals surface area (Å²) in [4.78, 5) is 21.9. The lowest BCUT2D eigenvalue weighted by atomic mass is 10.2. The average Bonchev–Trinajstić information content (AvgIpc) is 2.90. The molecule has 0 radical (unpaired) electrons. The van der Waals surface area contributed by atoms with E-state index in [0.717, 1.165) is 18.7 Å². The van der Waals surface area contributed by atoms with Crippen molar-refractivity contribution >= 4 is 17.5 Å². The number of carbonyl (C=O) groups excluding carboxylic acids is 1. The van der Waals surface area contributed by atoms with Crippen molar-refractivity contribution in [2.24, 2.45) is 0 Å². The van der Waals surface area contributed by atoms with Gasteiger partial charge in [-0.15, -0.1) is 0 Å². The number of esters is 1. The van der Waals surface area contributed by atoms with Crippen LogP contribution >= 0.6 is 0 Å². The first-order valence-electron chi connectivity index (χ1n) is 6.05. The number of hydrogen-bond donors (Lipinski definition) is 0. The van der Waals surface area contributed by atoms with Gasteiger partial charge in [-0.05, 0) is 18.1 Å². The lowest BCUT2D eigenvalue weighted by molar-refractivity contribution is 0.0593. The van der Waals surface area contributed by atoms with Crippen LogP contribution in [0.1, 0.15) is 16.1 Å². The Bertz CT molecular complexity index is 628. The molecule has 0 bridgehead atoms. The molecule has 0 saturated carbocycles. The highest BCUT2D eigenvalue weighted by molar-refractivity contribution is 5.87. The third-order valence-corrected chi connectivity index (χ3v) is 3.18. The highest BCUT2D eigenvalue weighted by Crippen LogP contribution is 2.32. The van der Waals surface area contributed by atoms with Gasteiger partial charge in [0.05, 0.1) is 19.5 Å². The molecular weight excluding hydrogens is 242 g/mol. The van der Waals surface area contributed by atoms with Crippen LogP contribution in [0.4, 0.5) is 11.5 Å². The Kier molecular flexibility index (Phi) is 2.87. The molecule has 0 amide bonds. The fourth-order valence-electron chi connectivity index (χ4n) is 2.26. The molecule has 0 saturated heterocycles. The van der Waals surface area contributed by atoms with Gasteiger partial charge in [-0.25, -0.2) is 9.78 Å². The van der Waals surface area contributed by atoms with Gasteiger partial charge < -0.3 is 9.64 Å². The number of ether oxygens (including phenoxy) is 1. The summed E-state index contributed by atoms with van der Waals surface area (Å²) in [5.74, 6) is 0.203. The first-order valence-corrected chi connectivity index (χ1v) is 6.05. The second-order valence-electron chi connectivity index (χ2n) is 4.28. The standard InChI is InChI=1S/C14H13N3O2/c1-19-14(18)11-8-15-9-13(16-11)17-7-6-10-4-2-3-5-12(10)17/h2-5,8-9H,6-7H2,1H3. The first-order chi connectivity index (χ1) is 9.29. The minimum Gasteiger partial charge on any atom is -0.464 e. The minimum absolute atomic E-state index is 0.226. The molecule has 2 aromatic rings. The van der Waals surface area contributed by atoms with Gasteiger partial charge in [-0.2, -0.15) is 0 Å². The minimum atomic E-state index is -0.471. The van der Waals surface area contributed by atoms with E-state index in [1.807, 2.05) is 12.1 Å². The number of anilines is 2. The Hall–Kier alpha value is -2.43. The predicted octanol–water partition coefficient (Wildman–Crippen LogP) is 1.96. The second-order valence-corrected chi connectivity index (χ2v) is 4.28. The summed E-state index contributed by atoms with van der Waals surface area (Å²) < 4.78 is 4.66. The quantitative estimate of drug-likeness (QED) is 0.768. The zero-order valence-corrected chi connectivity index (χ0v) is 10.5. The molecule has 3 rings (SSSR count). The SMILES string of the molecule is COC(=O)c1cncc(N2CCc3ccccc32)n1. The van der Waals surface area contributed by atoms with Crippen molar-refractivity contribution in [3.8, 4) is 0 Å². The number of fused-ring (bicyclic) bond motifs is 1. The molecule has 0 atom stereocenters. The molecular formula is C14H13N3O2. The van der Waals surface area contributed by atoms with E-state index in [1.54, 1.807) is 6.20 Å².